The molecule has 1 rings (SSSR count). The molecule has 0 unspecified atom stereocenters. The summed E-state index contributed by atoms with van der Waals surface area (Å²) in [4.78, 5) is 14.9. The third-order valence-corrected chi connectivity index (χ3v) is 2.18. The first-order chi connectivity index (χ1) is 7.51. The quantitative estimate of drug-likeness (QED) is 0.775. The van der Waals surface area contributed by atoms with Crippen LogP contribution in [0.3, 0.4) is 0 Å². The summed E-state index contributed by atoms with van der Waals surface area (Å²) in [6, 6.07) is 0.972. The minimum atomic E-state index is -2.83. The van der Waals surface area contributed by atoms with Crippen molar-refractivity contribution < 1.29 is 23.0 Å². The molecule has 16 heavy (non-hydrogen) atoms. The molecule has 0 aliphatic heterocycles. The molecule has 0 radical (unpaired) electrons. The van der Waals surface area contributed by atoms with Gasteiger partial charge in [0.25, 0.3) is 6.43 Å². The van der Waals surface area contributed by atoms with E-state index in [4.69, 9.17) is 11.6 Å². The molecule has 0 bridgehead atoms. The number of halogens is 3. The van der Waals surface area contributed by atoms with Crippen molar-refractivity contribution in [1.29, 1.82) is 0 Å². The zero-order chi connectivity index (χ0) is 12.3. The topological polar surface area (TPSA) is 48.4 Å². The van der Waals surface area contributed by atoms with Gasteiger partial charge < -0.3 is 9.47 Å². The maximum absolute atomic E-state index is 12.6. The maximum Gasteiger partial charge on any atom is 0.358 e. The molecule has 0 aliphatic carbocycles. The molecule has 0 saturated carbocycles. The summed E-state index contributed by atoms with van der Waals surface area (Å²) in [5, 5.41) is -0.428. The van der Waals surface area contributed by atoms with Gasteiger partial charge in [-0.15, -0.1) is 0 Å². The molecule has 1 aromatic rings. The van der Waals surface area contributed by atoms with Crippen molar-refractivity contribution in [2.24, 2.45) is 0 Å². The fourth-order valence-corrected chi connectivity index (χ4v) is 1.28. The van der Waals surface area contributed by atoms with Gasteiger partial charge >= 0.3 is 5.97 Å². The number of carbonyl (C=O) groups is 1. The molecule has 7 heteroatoms. The lowest BCUT2D eigenvalue weighted by Crippen LogP contribution is -2.08. The number of ether oxygens (including phenoxy) is 2. The number of aromatic nitrogens is 1. The first kappa shape index (κ1) is 12.6. The summed E-state index contributed by atoms with van der Waals surface area (Å²) in [7, 11) is 2.34. The smallest absolute Gasteiger partial charge is 0.358 e. The highest BCUT2D eigenvalue weighted by Gasteiger charge is 2.22. The Bertz CT molecular complexity index is 412. The van der Waals surface area contributed by atoms with Crippen LogP contribution in [0.1, 0.15) is 22.5 Å². The first-order valence-corrected chi connectivity index (χ1v) is 4.50. The van der Waals surface area contributed by atoms with E-state index in [-0.39, 0.29) is 11.6 Å². The summed E-state index contributed by atoms with van der Waals surface area (Å²) < 4.78 is 34.2. The van der Waals surface area contributed by atoms with E-state index >= 15 is 0 Å². The Labute approximate surface area is 95.1 Å². The lowest BCUT2D eigenvalue weighted by molar-refractivity contribution is 0.0592. The molecule has 0 spiro atoms. The van der Waals surface area contributed by atoms with E-state index in [1.807, 2.05) is 0 Å². The number of alkyl halides is 2. The van der Waals surface area contributed by atoms with Gasteiger partial charge in [0.15, 0.2) is 5.69 Å². The van der Waals surface area contributed by atoms with Crippen LogP contribution in [-0.2, 0) is 4.74 Å². The second-order valence-corrected chi connectivity index (χ2v) is 3.09. The molecule has 0 fully saturated rings. The molecule has 0 amide bonds. The molecule has 0 aromatic carbocycles. The van der Waals surface area contributed by atoms with Crippen molar-refractivity contribution in [2.75, 3.05) is 14.2 Å². The third kappa shape index (κ3) is 2.38. The normalized spacial score (nSPS) is 10.4. The van der Waals surface area contributed by atoms with E-state index in [0.29, 0.717) is 0 Å². The number of pyridine rings is 1. The number of nitrogens with zero attached hydrogens (tertiary/aromatic N) is 1. The van der Waals surface area contributed by atoms with Crippen LogP contribution >= 0.6 is 11.6 Å². The van der Waals surface area contributed by atoms with E-state index in [0.717, 1.165) is 13.2 Å². The molecule has 0 saturated heterocycles. The predicted octanol–water partition coefficient (Wildman–Crippen LogP) is 2.47. The lowest BCUT2D eigenvalue weighted by Gasteiger charge is -2.09. The third-order valence-electron chi connectivity index (χ3n) is 1.79. The molecule has 0 N–H and O–H groups in total. The summed E-state index contributed by atoms with van der Waals surface area (Å²) in [5.74, 6) is -1.02. The molecule has 0 aliphatic rings. The van der Waals surface area contributed by atoms with Crippen LogP contribution in [0.25, 0.3) is 0 Å². The summed E-state index contributed by atoms with van der Waals surface area (Å²) in [5.41, 5.74) is -0.910. The SMILES string of the molecule is COC(=O)c1nc(OC)cc(C(F)F)c1Cl. The van der Waals surface area contributed by atoms with Gasteiger partial charge in [-0.2, -0.15) is 0 Å². The monoisotopic (exact) mass is 251 g/mol. The van der Waals surface area contributed by atoms with Crippen LogP contribution in [0.5, 0.6) is 5.88 Å². The van der Waals surface area contributed by atoms with Crippen molar-refractivity contribution in [3.8, 4) is 5.88 Å². The average molecular weight is 252 g/mol. The van der Waals surface area contributed by atoms with E-state index in [9.17, 15) is 13.6 Å². The molecule has 4 nitrogen and oxygen atoms in total. The van der Waals surface area contributed by atoms with Gasteiger partial charge in [0.05, 0.1) is 19.2 Å². The highest BCUT2D eigenvalue weighted by Crippen LogP contribution is 2.31. The van der Waals surface area contributed by atoms with Gasteiger partial charge in [0.1, 0.15) is 0 Å². The fraction of sp³-hybridized carbons (Fsp3) is 0.333. The van der Waals surface area contributed by atoms with Gasteiger partial charge in [0, 0.05) is 11.6 Å². The highest BCUT2D eigenvalue weighted by atomic mass is 35.5. The Balaban J connectivity index is 3.37. The van der Waals surface area contributed by atoms with Gasteiger partial charge in [-0.25, -0.2) is 18.6 Å². The molecule has 1 aromatic heterocycles. The van der Waals surface area contributed by atoms with Crippen LogP contribution in [-0.4, -0.2) is 25.2 Å². The summed E-state index contributed by atoms with van der Waals surface area (Å²) in [6.07, 6.45) is -2.83. The average Bonchev–Trinajstić information content (AvgIpc) is 2.28. The standard InChI is InChI=1S/C9H8ClF2NO3/c1-15-5-3-4(8(11)12)6(10)7(13-5)9(14)16-2/h3,8H,1-2H3. The van der Waals surface area contributed by atoms with Crippen LogP contribution in [0.2, 0.25) is 5.02 Å². The van der Waals surface area contributed by atoms with E-state index in [2.05, 4.69) is 14.5 Å². The number of esters is 1. The Hall–Kier alpha value is -1.43. The second kappa shape index (κ2) is 5.07. The van der Waals surface area contributed by atoms with Gasteiger partial charge in [0.2, 0.25) is 5.88 Å². The highest BCUT2D eigenvalue weighted by molar-refractivity contribution is 6.34. The zero-order valence-corrected chi connectivity index (χ0v) is 9.22. The van der Waals surface area contributed by atoms with E-state index < -0.39 is 23.0 Å². The van der Waals surface area contributed by atoms with Gasteiger partial charge in [-0.05, 0) is 0 Å². The Morgan fingerprint density at radius 1 is 1.50 bits per heavy atom. The van der Waals surface area contributed by atoms with Crippen LogP contribution in [0.15, 0.2) is 6.07 Å². The largest absolute Gasteiger partial charge is 0.481 e. The maximum atomic E-state index is 12.6. The molecule has 1 heterocycles. The van der Waals surface area contributed by atoms with Crippen molar-refractivity contribution in [1.82, 2.24) is 4.98 Å². The Kier molecular flexibility index (Phi) is 4.00. The number of methoxy groups -OCH3 is 2. The van der Waals surface area contributed by atoms with Crippen LogP contribution < -0.4 is 4.74 Å². The van der Waals surface area contributed by atoms with Gasteiger partial charge in [-0.3, -0.25) is 0 Å². The molecule has 0 atom stereocenters. The Morgan fingerprint density at radius 3 is 2.56 bits per heavy atom. The minimum absolute atomic E-state index is 0.125. The predicted molar refractivity (Wildman–Crippen MR) is 52.1 cm³/mol. The van der Waals surface area contributed by atoms with Crippen LogP contribution in [0.4, 0.5) is 8.78 Å². The van der Waals surface area contributed by atoms with E-state index in [1.54, 1.807) is 0 Å². The van der Waals surface area contributed by atoms with Crippen molar-refractivity contribution in [3.05, 3.63) is 22.3 Å². The fourth-order valence-electron chi connectivity index (χ4n) is 1.02. The van der Waals surface area contributed by atoms with E-state index in [1.165, 1.54) is 7.11 Å². The number of hydrogen-bond acceptors (Lipinski definition) is 4. The van der Waals surface area contributed by atoms with Crippen molar-refractivity contribution in [2.45, 2.75) is 6.43 Å². The molecular formula is C9H8ClF2NO3. The minimum Gasteiger partial charge on any atom is -0.481 e. The lowest BCUT2D eigenvalue weighted by atomic mass is 10.2. The molecule has 88 valence electrons. The first-order valence-electron chi connectivity index (χ1n) is 4.12. The summed E-state index contributed by atoms with van der Waals surface area (Å²) >= 11 is 5.61. The number of rotatable bonds is 3. The van der Waals surface area contributed by atoms with Gasteiger partial charge in [-0.1, -0.05) is 11.6 Å². The van der Waals surface area contributed by atoms with Crippen molar-refractivity contribution >= 4 is 17.6 Å². The van der Waals surface area contributed by atoms with Crippen LogP contribution in [0, 0.1) is 0 Å². The second-order valence-electron chi connectivity index (χ2n) is 2.71. The Morgan fingerprint density at radius 2 is 2.12 bits per heavy atom. The number of carbonyl (C=O) groups excluding carboxylic acids is 1. The number of hydrogen-bond donors (Lipinski definition) is 0. The zero-order valence-electron chi connectivity index (χ0n) is 8.46. The van der Waals surface area contributed by atoms with Crippen molar-refractivity contribution in [3.63, 3.8) is 0 Å². The summed E-state index contributed by atoms with van der Waals surface area (Å²) in [6.45, 7) is 0. The molecular weight excluding hydrogens is 244 g/mol.